The van der Waals surface area contributed by atoms with Crippen molar-refractivity contribution in [3.05, 3.63) is 58.1 Å². The number of nitrogens with two attached hydrogens (primary N) is 1. The molecule has 1 heterocycles. The number of hydrogen-bond acceptors (Lipinski definition) is 2. The van der Waals surface area contributed by atoms with Crippen molar-refractivity contribution in [3.8, 4) is 0 Å². The molecule has 3 rings (SSSR count). The minimum absolute atomic E-state index is 0.575. The summed E-state index contributed by atoms with van der Waals surface area (Å²) in [6.07, 6.45) is 0.948. The Morgan fingerprint density at radius 3 is 2.85 bits per heavy atom. The Balaban J connectivity index is 1.90. The topological polar surface area (TPSA) is 43.8 Å². The van der Waals surface area contributed by atoms with Crippen LogP contribution in [0.25, 0.3) is 11.0 Å². The fraction of sp³-hybridized carbons (Fsp3) is 0.188. The van der Waals surface area contributed by atoms with E-state index in [1.807, 2.05) is 12.1 Å². The number of anilines is 1. The molecule has 2 N–H and O–H groups in total. The smallest absolute Gasteiger partial charge is 0.201 e. The number of nitrogen functional groups attached to an aromatic ring is 1. The molecular weight excluding hydrogens is 314 g/mol. The largest absolute Gasteiger partial charge is 0.369 e. The van der Waals surface area contributed by atoms with Crippen LogP contribution in [0.3, 0.4) is 0 Å². The number of hydrogen-bond donors (Lipinski definition) is 1. The lowest BCUT2D eigenvalue weighted by atomic mass is 10.1. The SMILES string of the molecule is Cc1cccc(CCn2c(N)nc3ccc(Br)cc32)c1. The number of benzene rings is 2. The quantitative estimate of drug-likeness (QED) is 0.791. The standard InChI is InChI=1S/C16H16BrN3/c1-11-3-2-4-12(9-11)7-8-20-15-10-13(17)5-6-14(15)19-16(20)18/h2-6,9-10H,7-8H2,1H3,(H2,18,19). The van der Waals surface area contributed by atoms with Crippen LogP contribution >= 0.6 is 15.9 Å². The molecule has 102 valence electrons. The van der Waals surface area contributed by atoms with Gasteiger partial charge in [0.1, 0.15) is 0 Å². The maximum atomic E-state index is 6.03. The number of fused-ring (bicyclic) bond motifs is 1. The van der Waals surface area contributed by atoms with Gasteiger partial charge in [0.15, 0.2) is 0 Å². The number of halogens is 1. The molecule has 20 heavy (non-hydrogen) atoms. The average molecular weight is 330 g/mol. The first-order chi connectivity index (χ1) is 9.63. The summed E-state index contributed by atoms with van der Waals surface area (Å²) in [6.45, 7) is 2.95. The maximum absolute atomic E-state index is 6.03. The number of aromatic nitrogens is 2. The molecule has 0 amide bonds. The van der Waals surface area contributed by atoms with Crippen LogP contribution in [0.15, 0.2) is 46.9 Å². The van der Waals surface area contributed by atoms with Gasteiger partial charge in [-0.3, -0.25) is 0 Å². The van der Waals surface area contributed by atoms with Gasteiger partial charge in [-0.25, -0.2) is 4.98 Å². The van der Waals surface area contributed by atoms with Gasteiger partial charge in [0.2, 0.25) is 5.95 Å². The summed E-state index contributed by atoms with van der Waals surface area (Å²) in [5.41, 5.74) is 10.7. The van der Waals surface area contributed by atoms with Crippen LogP contribution < -0.4 is 5.73 Å². The summed E-state index contributed by atoms with van der Waals surface area (Å²) in [7, 11) is 0. The third-order valence-corrected chi connectivity index (χ3v) is 3.94. The van der Waals surface area contributed by atoms with Crippen LogP contribution in [-0.4, -0.2) is 9.55 Å². The van der Waals surface area contributed by atoms with Crippen molar-refractivity contribution in [3.63, 3.8) is 0 Å². The van der Waals surface area contributed by atoms with E-state index in [-0.39, 0.29) is 0 Å². The van der Waals surface area contributed by atoms with Crippen molar-refractivity contribution >= 4 is 32.9 Å². The molecule has 0 aliphatic carbocycles. The number of imidazole rings is 1. The second-order valence-electron chi connectivity index (χ2n) is 4.99. The Morgan fingerprint density at radius 1 is 1.20 bits per heavy atom. The average Bonchev–Trinajstić information content (AvgIpc) is 2.72. The normalized spacial score (nSPS) is 11.1. The minimum atomic E-state index is 0.575. The van der Waals surface area contributed by atoms with Gasteiger partial charge in [-0.2, -0.15) is 0 Å². The van der Waals surface area contributed by atoms with Crippen molar-refractivity contribution in [2.45, 2.75) is 19.9 Å². The van der Waals surface area contributed by atoms with Crippen LogP contribution in [-0.2, 0) is 13.0 Å². The van der Waals surface area contributed by atoms with E-state index in [2.05, 4.69) is 62.7 Å². The van der Waals surface area contributed by atoms with E-state index >= 15 is 0 Å². The summed E-state index contributed by atoms with van der Waals surface area (Å²) in [5.74, 6) is 0.575. The van der Waals surface area contributed by atoms with E-state index in [9.17, 15) is 0 Å². The third-order valence-electron chi connectivity index (χ3n) is 3.45. The highest BCUT2D eigenvalue weighted by Crippen LogP contribution is 2.22. The van der Waals surface area contributed by atoms with Crippen LogP contribution in [0.5, 0.6) is 0 Å². The van der Waals surface area contributed by atoms with Crippen LogP contribution in [0.2, 0.25) is 0 Å². The molecule has 2 aromatic carbocycles. The van der Waals surface area contributed by atoms with Gasteiger partial charge in [0, 0.05) is 11.0 Å². The zero-order chi connectivity index (χ0) is 14.1. The Hall–Kier alpha value is -1.81. The lowest BCUT2D eigenvalue weighted by molar-refractivity contribution is 0.725. The third kappa shape index (κ3) is 2.56. The second-order valence-corrected chi connectivity index (χ2v) is 5.91. The van der Waals surface area contributed by atoms with Crippen molar-refractivity contribution in [2.75, 3.05) is 5.73 Å². The molecule has 0 radical (unpaired) electrons. The predicted octanol–water partition coefficient (Wildman–Crippen LogP) is 3.93. The molecule has 0 bridgehead atoms. The summed E-state index contributed by atoms with van der Waals surface area (Å²) in [4.78, 5) is 4.40. The molecule has 0 aliphatic heterocycles. The molecule has 0 saturated heterocycles. The molecule has 0 fully saturated rings. The number of nitrogens with zero attached hydrogens (tertiary/aromatic N) is 2. The second kappa shape index (κ2) is 5.29. The first-order valence-electron chi connectivity index (χ1n) is 6.60. The van der Waals surface area contributed by atoms with E-state index < -0.39 is 0 Å². The number of aryl methyl sites for hydroxylation is 3. The van der Waals surface area contributed by atoms with Gasteiger partial charge in [-0.15, -0.1) is 0 Å². The first kappa shape index (κ1) is 13.2. The molecule has 3 aromatic rings. The molecule has 0 aliphatic rings. The molecule has 0 unspecified atom stereocenters. The zero-order valence-corrected chi connectivity index (χ0v) is 12.9. The monoisotopic (exact) mass is 329 g/mol. The molecule has 0 spiro atoms. The van der Waals surface area contributed by atoms with Gasteiger partial charge < -0.3 is 10.3 Å². The lowest BCUT2D eigenvalue weighted by Crippen LogP contribution is -2.05. The fourth-order valence-electron chi connectivity index (χ4n) is 2.46. The molecular formula is C16H16BrN3. The Bertz CT molecular complexity index is 762. The Labute approximate surface area is 126 Å². The summed E-state index contributed by atoms with van der Waals surface area (Å²) >= 11 is 3.50. The molecule has 3 nitrogen and oxygen atoms in total. The Kier molecular flexibility index (Phi) is 3.49. The van der Waals surface area contributed by atoms with Crippen LogP contribution in [0.4, 0.5) is 5.95 Å². The number of rotatable bonds is 3. The van der Waals surface area contributed by atoms with E-state index in [1.54, 1.807) is 0 Å². The van der Waals surface area contributed by atoms with Crippen molar-refractivity contribution in [1.82, 2.24) is 9.55 Å². The predicted molar refractivity (Wildman–Crippen MR) is 86.7 cm³/mol. The van der Waals surface area contributed by atoms with E-state index in [0.717, 1.165) is 28.5 Å². The maximum Gasteiger partial charge on any atom is 0.201 e. The van der Waals surface area contributed by atoms with Crippen LogP contribution in [0, 0.1) is 6.92 Å². The Morgan fingerprint density at radius 2 is 2.05 bits per heavy atom. The highest BCUT2D eigenvalue weighted by molar-refractivity contribution is 9.10. The summed E-state index contributed by atoms with van der Waals surface area (Å²) < 4.78 is 3.12. The van der Waals surface area contributed by atoms with Gasteiger partial charge in [0.05, 0.1) is 11.0 Å². The van der Waals surface area contributed by atoms with Crippen molar-refractivity contribution < 1.29 is 0 Å². The van der Waals surface area contributed by atoms with Crippen LogP contribution in [0.1, 0.15) is 11.1 Å². The van der Waals surface area contributed by atoms with Gasteiger partial charge >= 0.3 is 0 Å². The van der Waals surface area contributed by atoms with E-state index in [0.29, 0.717) is 5.95 Å². The lowest BCUT2D eigenvalue weighted by Gasteiger charge is -2.07. The van der Waals surface area contributed by atoms with E-state index in [4.69, 9.17) is 5.73 Å². The van der Waals surface area contributed by atoms with Gasteiger partial charge in [0.25, 0.3) is 0 Å². The van der Waals surface area contributed by atoms with Gasteiger partial charge in [-0.05, 0) is 37.1 Å². The molecule has 1 aromatic heterocycles. The minimum Gasteiger partial charge on any atom is -0.369 e. The zero-order valence-electron chi connectivity index (χ0n) is 11.3. The van der Waals surface area contributed by atoms with E-state index in [1.165, 1.54) is 11.1 Å². The summed E-state index contributed by atoms with van der Waals surface area (Å²) in [5, 5.41) is 0. The molecule has 0 saturated carbocycles. The first-order valence-corrected chi connectivity index (χ1v) is 7.39. The summed E-state index contributed by atoms with van der Waals surface area (Å²) in [6, 6.07) is 14.6. The van der Waals surface area contributed by atoms with Crippen molar-refractivity contribution in [2.24, 2.45) is 0 Å². The highest BCUT2D eigenvalue weighted by Gasteiger charge is 2.08. The fourth-order valence-corrected chi connectivity index (χ4v) is 2.81. The van der Waals surface area contributed by atoms with Gasteiger partial charge in [-0.1, -0.05) is 45.8 Å². The van der Waals surface area contributed by atoms with Crippen molar-refractivity contribution in [1.29, 1.82) is 0 Å². The molecule has 4 heteroatoms. The molecule has 0 atom stereocenters. The highest BCUT2D eigenvalue weighted by atomic mass is 79.9.